The highest BCUT2D eigenvalue weighted by molar-refractivity contribution is 6.30. The quantitative estimate of drug-likeness (QED) is 0.163. The van der Waals surface area contributed by atoms with E-state index in [4.69, 9.17) is 0 Å². The molecule has 0 bridgehead atoms. The normalized spacial score (nSPS) is 12.4. The van der Waals surface area contributed by atoms with Gasteiger partial charge in [-0.15, -0.1) is 0 Å². The molecule has 0 aliphatic heterocycles. The van der Waals surface area contributed by atoms with Crippen LogP contribution in [0.4, 0.5) is 0 Å². The van der Waals surface area contributed by atoms with Gasteiger partial charge in [-0.2, -0.15) is 0 Å². The lowest BCUT2D eigenvalue weighted by Crippen LogP contribution is -1.95. The van der Waals surface area contributed by atoms with E-state index in [1.807, 2.05) is 0 Å². The number of rotatable bonds is 3. The van der Waals surface area contributed by atoms with Crippen LogP contribution >= 0.6 is 0 Å². The van der Waals surface area contributed by atoms with Gasteiger partial charge in [0.2, 0.25) is 0 Å². The largest absolute Gasteiger partial charge is 0.0610 e. The molecule has 0 heteroatoms. The molecule has 0 aromatic heterocycles. The average molecular weight is 679 g/mol. The molecule has 0 atom stereocenters. The Kier molecular flexibility index (Phi) is 5.45. The van der Waals surface area contributed by atoms with Gasteiger partial charge in [0, 0.05) is 0 Å². The summed E-state index contributed by atoms with van der Waals surface area (Å²) in [5.41, 5.74) is 7.59. The molecule has 0 aliphatic carbocycles. The maximum atomic E-state index is 2.38. The Morgan fingerprint density at radius 2 is 0.426 bits per heavy atom. The molecule has 0 saturated carbocycles. The second-order valence-corrected chi connectivity index (χ2v) is 15.1. The third kappa shape index (κ3) is 3.67. The molecule has 0 unspecified atom stereocenters. The second kappa shape index (κ2) is 10.3. The fraction of sp³-hybridized carbons (Fsp3) is 0. The second-order valence-electron chi connectivity index (χ2n) is 15.1. The molecule has 0 heterocycles. The van der Waals surface area contributed by atoms with E-state index < -0.39 is 0 Å². The van der Waals surface area contributed by atoms with Gasteiger partial charge in [-0.3, -0.25) is 0 Å². The van der Waals surface area contributed by atoms with Crippen molar-refractivity contribution < 1.29 is 0 Å². The van der Waals surface area contributed by atoms with Crippen LogP contribution in [-0.4, -0.2) is 0 Å². The van der Waals surface area contributed by atoms with Gasteiger partial charge in [-0.25, -0.2) is 0 Å². The number of benzene rings is 13. The summed E-state index contributed by atoms with van der Waals surface area (Å²) in [4.78, 5) is 0. The third-order valence-electron chi connectivity index (χ3n) is 12.5. The van der Waals surface area contributed by atoms with Crippen molar-refractivity contribution in [2.45, 2.75) is 0 Å². The molecule has 0 fully saturated rings. The van der Waals surface area contributed by atoms with Crippen molar-refractivity contribution in [2.24, 2.45) is 0 Å². The molecule has 0 radical (unpaired) electrons. The summed E-state index contributed by atoms with van der Waals surface area (Å²) < 4.78 is 0. The summed E-state index contributed by atoms with van der Waals surface area (Å²) in [6.45, 7) is 0. The average Bonchev–Trinajstić information content (AvgIpc) is 3.23. The van der Waals surface area contributed by atoms with Crippen LogP contribution in [0.5, 0.6) is 0 Å². The maximum absolute atomic E-state index is 2.38. The van der Waals surface area contributed by atoms with E-state index in [1.165, 1.54) is 130 Å². The van der Waals surface area contributed by atoms with Gasteiger partial charge in [0.05, 0.1) is 0 Å². The van der Waals surface area contributed by atoms with Gasteiger partial charge in [0.1, 0.15) is 0 Å². The predicted molar refractivity (Wildman–Crippen MR) is 234 cm³/mol. The zero-order valence-corrected chi connectivity index (χ0v) is 29.3. The first kappa shape index (κ1) is 28.6. The van der Waals surface area contributed by atoms with E-state index >= 15 is 0 Å². The van der Waals surface area contributed by atoms with E-state index in [0.717, 1.165) is 0 Å². The van der Waals surface area contributed by atoms with Crippen molar-refractivity contribution >= 4 is 97.0 Å². The molecule has 13 aromatic rings. The van der Waals surface area contributed by atoms with Gasteiger partial charge in [0.15, 0.2) is 0 Å². The lowest BCUT2D eigenvalue weighted by molar-refractivity contribution is 1.61. The lowest BCUT2D eigenvalue weighted by Gasteiger charge is -2.22. The molecule has 0 amide bonds. The highest BCUT2D eigenvalue weighted by Crippen LogP contribution is 2.50. The summed E-state index contributed by atoms with van der Waals surface area (Å²) in [7, 11) is 0. The summed E-state index contributed by atoms with van der Waals surface area (Å²) in [6, 6.07) is 68.9. The highest BCUT2D eigenvalue weighted by atomic mass is 14.3. The van der Waals surface area contributed by atoms with Gasteiger partial charge in [-0.05, 0) is 130 Å². The van der Waals surface area contributed by atoms with Crippen molar-refractivity contribution in [1.29, 1.82) is 0 Å². The molecule has 0 aliphatic rings. The lowest BCUT2D eigenvalue weighted by atomic mass is 9.81. The number of hydrogen-bond donors (Lipinski definition) is 0. The van der Waals surface area contributed by atoms with E-state index in [9.17, 15) is 0 Å². The van der Waals surface area contributed by atoms with Crippen LogP contribution in [-0.2, 0) is 0 Å². The van der Waals surface area contributed by atoms with Crippen LogP contribution in [0.3, 0.4) is 0 Å². The van der Waals surface area contributed by atoms with Crippen LogP contribution in [0.25, 0.3) is 130 Å². The molecule has 13 aromatic carbocycles. The summed E-state index contributed by atoms with van der Waals surface area (Å²) in [6.07, 6.45) is 0. The Morgan fingerprint density at radius 1 is 0.167 bits per heavy atom. The zero-order valence-electron chi connectivity index (χ0n) is 29.3. The van der Waals surface area contributed by atoms with Crippen molar-refractivity contribution in [3.8, 4) is 33.4 Å². The molecule has 0 spiro atoms. The zero-order chi connectivity index (χ0) is 35.1. The molecule has 13 rings (SSSR count). The number of hydrogen-bond acceptors (Lipinski definition) is 0. The Labute approximate surface area is 311 Å². The van der Waals surface area contributed by atoms with E-state index in [0.29, 0.717) is 0 Å². The first-order valence-electron chi connectivity index (χ1n) is 18.9. The van der Waals surface area contributed by atoms with E-state index in [2.05, 4.69) is 182 Å². The standard InChI is InChI=1S/C54H30/c1-5-31-13-16-37-19-25-40(44-27-21-34(8-1)48(31)51(37)44)42-11-4-12-43(41-26-20-38-17-14-32-6-2-9-35-22-28-45(41)52(38)49(32)35)54(42)47-30-24-39-18-15-33-7-3-10-36-23-29-46(47)53(39)50(33)36/h1-30H. The van der Waals surface area contributed by atoms with Crippen molar-refractivity contribution in [1.82, 2.24) is 0 Å². The predicted octanol–water partition coefficient (Wildman–Crippen LogP) is 15.4. The fourth-order valence-electron chi connectivity index (χ4n) is 10.2. The first-order valence-corrected chi connectivity index (χ1v) is 18.9. The monoisotopic (exact) mass is 678 g/mol. The molecule has 54 heavy (non-hydrogen) atoms. The van der Waals surface area contributed by atoms with Crippen molar-refractivity contribution in [3.05, 3.63) is 182 Å². The topological polar surface area (TPSA) is 0 Å². The summed E-state index contributed by atoms with van der Waals surface area (Å²) in [5.74, 6) is 0. The molecule has 246 valence electrons. The molecule has 0 saturated heterocycles. The van der Waals surface area contributed by atoms with Gasteiger partial charge in [0.25, 0.3) is 0 Å². The van der Waals surface area contributed by atoms with E-state index in [-0.39, 0.29) is 0 Å². The van der Waals surface area contributed by atoms with Gasteiger partial charge in [-0.1, -0.05) is 182 Å². The molecular formula is C54H30. The summed E-state index contributed by atoms with van der Waals surface area (Å²) in [5, 5.41) is 23.5. The smallest absolute Gasteiger partial charge is 0.00201 e. The van der Waals surface area contributed by atoms with Crippen LogP contribution < -0.4 is 0 Å². The Balaban J connectivity index is 1.20. The summed E-state index contributed by atoms with van der Waals surface area (Å²) >= 11 is 0. The van der Waals surface area contributed by atoms with Crippen LogP contribution in [0.1, 0.15) is 0 Å². The first-order chi connectivity index (χ1) is 26.8. The minimum atomic E-state index is 1.26. The van der Waals surface area contributed by atoms with Crippen molar-refractivity contribution in [2.75, 3.05) is 0 Å². The van der Waals surface area contributed by atoms with Crippen LogP contribution in [0, 0.1) is 0 Å². The molecule has 0 nitrogen and oxygen atoms in total. The van der Waals surface area contributed by atoms with E-state index in [1.54, 1.807) is 0 Å². The Morgan fingerprint density at radius 3 is 0.796 bits per heavy atom. The van der Waals surface area contributed by atoms with Crippen LogP contribution in [0.15, 0.2) is 182 Å². The minimum Gasteiger partial charge on any atom is -0.0610 e. The Bertz CT molecular complexity index is 3440. The van der Waals surface area contributed by atoms with Gasteiger partial charge < -0.3 is 0 Å². The SMILES string of the molecule is c1cc(-c2ccc3ccc4cccc5ccc2c3c45)c(-c2ccc3ccc4cccc5ccc2c3c45)c(-c2ccc3ccc4cccc5ccc2c3c45)c1. The third-order valence-corrected chi connectivity index (χ3v) is 12.5. The Hall–Kier alpha value is -7.02. The van der Waals surface area contributed by atoms with Crippen LogP contribution in [0.2, 0.25) is 0 Å². The minimum absolute atomic E-state index is 1.26. The maximum Gasteiger partial charge on any atom is -0.00201 e. The van der Waals surface area contributed by atoms with Crippen molar-refractivity contribution in [3.63, 3.8) is 0 Å². The molecule has 0 N–H and O–H groups in total. The fourth-order valence-corrected chi connectivity index (χ4v) is 10.2. The molecular weight excluding hydrogens is 649 g/mol. The van der Waals surface area contributed by atoms with Gasteiger partial charge >= 0.3 is 0 Å². The highest BCUT2D eigenvalue weighted by Gasteiger charge is 2.22.